The number of ether oxygens (including phenoxy) is 1. The van der Waals surface area contributed by atoms with Crippen LogP contribution in [0.4, 0.5) is 0 Å². The van der Waals surface area contributed by atoms with Crippen LogP contribution in [0, 0.1) is 6.92 Å². The first-order valence-corrected chi connectivity index (χ1v) is 9.82. The van der Waals surface area contributed by atoms with Crippen molar-refractivity contribution >= 4 is 23.0 Å². The molecule has 0 saturated carbocycles. The van der Waals surface area contributed by atoms with Crippen molar-refractivity contribution in [2.75, 3.05) is 6.61 Å². The molecule has 0 radical (unpaired) electrons. The number of fused-ring (bicyclic) bond motifs is 1. The van der Waals surface area contributed by atoms with Gasteiger partial charge in [0.1, 0.15) is 5.75 Å². The van der Waals surface area contributed by atoms with Gasteiger partial charge >= 0.3 is 0 Å². The van der Waals surface area contributed by atoms with Crippen LogP contribution in [0.2, 0.25) is 0 Å². The number of para-hydroxylation sites is 1. The predicted molar refractivity (Wildman–Crippen MR) is 120 cm³/mol. The maximum absolute atomic E-state index is 12.0. The predicted octanol–water partition coefficient (Wildman–Crippen LogP) is 4.53. The van der Waals surface area contributed by atoms with Crippen LogP contribution in [-0.2, 0) is 11.3 Å². The molecular weight excluding hydrogens is 374 g/mol. The minimum atomic E-state index is -0.305. The Labute approximate surface area is 175 Å². The number of amides is 1. The lowest BCUT2D eigenvalue weighted by Crippen LogP contribution is -2.24. The number of nitrogens with zero attached hydrogens (tertiary/aromatic N) is 2. The number of benzene rings is 3. The zero-order valence-corrected chi connectivity index (χ0v) is 16.8. The zero-order chi connectivity index (χ0) is 20.8. The van der Waals surface area contributed by atoms with Gasteiger partial charge in [0, 0.05) is 29.2 Å². The molecule has 0 aliphatic heterocycles. The minimum Gasteiger partial charge on any atom is -0.484 e. The minimum absolute atomic E-state index is 0.0867. The zero-order valence-electron chi connectivity index (χ0n) is 16.8. The van der Waals surface area contributed by atoms with Crippen molar-refractivity contribution in [1.29, 1.82) is 0 Å². The molecule has 0 fully saturated rings. The van der Waals surface area contributed by atoms with E-state index in [9.17, 15) is 4.79 Å². The molecule has 1 aromatic heterocycles. The van der Waals surface area contributed by atoms with Crippen molar-refractivity contribution in [2.24, 2.45) is 5.10 Å². The Morgan fingerprint density at radius 3 is 2.67 bits per heavy atom. The quantitative estimate of drug-likeness (QED) is 0.368. The molecule has 5 heteroatoms. The van der Waals surface area contributed by atoms with Gasteiger partial charge in [-0.05, 0) is 36.2 Å². The summed E-state index contributed by atoms with van der Waals surface area (Å²) in [4.78, 5) is 12.0. The monoisotopic (exact) mass is 397 g/mol. The highest BCUT2D eigenvalue weighted by atomic mass is 16.5. The van der Waals surface area contributed by atoms with E-state index < -0.39 is 0 Å². The van der Waals surface area contributed by atoms with E-state index >= 15 is 0 Å². The third-order valence-corrected chi connectivity index (χ3v) is 4.77. The van der Waals surface area contributed by atoms with Crippen LogP contribution >= 0.6 is 0 Å². The molecule has 30 heavy (non-hydrogen) atoms. The second kappa shape index (κ2) is 9.09. The lowest BCUT2D eigenvalue weighted by molar-refractivity contribution is -0.123. The molecular formula is C25H23N3O2. The summed E-state index contributed by atoms with van der Waals surface area (Å²) in [5.41, 5.74) is 6.91. The van der Waals surface area contributed by atoms with Gasteiger partial charge in [-0.1, -0.05) is 60.7 Å². The van der Waals surface area contributed by atoms with Crippen molar-refractivity contribution in [1.82, 2.24) is 9.99 Å². The summed E-state index contributed by atoms with van der Waals surface area (Å²) in [6.07, 6.45) is 3.73. The third-order valence-electron chi connectivity index (χ3n) is 4.77. The Kier molecular flexibility index (Phi) is 5.90. The van der Waals surface area contributed by atoms with E-state index in [1.165, 1.54) is 5.56 Å². The molecule has 3 aromatic carbocycles. The average molecular weight is 397 g/mol. The number of aromatic nitrogens is 1. The van der Waals surface area contributed by atoms with Gasteiger partial charge in [-0.3, -0.25) is 4.79 Å². The normalized spacial score (nSPS) is 11.1. The van der Waals surface area contributed by atoms with Crippen LogP contribution in [0.15, 0.2) is 90.2 Å². The van der Waals surface area contributed by atoms with Crippen LogP contribution in [0.3, 0.4) is 0 Å². The smallest absolute Gasteiger partial charge is 0.277 e. The van der Waals surface area contributed by atoms with Crippen LogP contribution in [0.1, 0.15) is 16.7 Å². The lowest BCUT2D eigenvalue weighted by Gasteiger charge is -2.05. The molecule has 5 nitrogen and oxygen atoms in total. The maximum Gasteiger partial charge on any atom is 0.277 e. The molecule has 0 spiro atoms. The average Bonchev–Trinajstić information content (AvgIpc) is 3.11. The highest BCUT2D eigenvalue weighted by Crippen LogP contribution is 2.21. The Balaban J connectivity index is 1.43. The Morgan fingerprint density at radius 1 is 1.03 bits per heavy atom. The van der Waals surface area contributed by atoms with Crippen LogP contribution in [0.5, 0.6) is 5.75 Å². The molecule has 4 aromatic rings. The largest absolute Gasteiger partial charge is 0.484 e. The number of carbonyl (C=O) groups is 1. The van der Waals surface area contributed by atoms with Crippen LogP contribution < -0.4 is 10.2 Å². The second-order valence-electron chi connectivity index (χ2n) is 7.11. The highest BCUT2D eigenvalue weighted by Gasteiger charge is 2.07. The molecule has 1 amide bonds. The van der Waals surface area contributed by atoms with E-state index in [0.29, 0.717) is 5.75 Å². The van der Waals surface area contributed by atoms with Crippen molar-refractivity contribution < 1.29 is 9.53 Å². The fourth-order valence-corrected chi connectivity index (χ4v) is 3.35. The number of hydrazone groups is 1. The van der Waals surface area contributed by atoms with Crippen LogP contribution in [0.25, 0.3) is 10.9 Å². The first-order chi connectivity index (χ1) is 14.7. The first-order valence-electron chi connectivity index (χ1n) is 9.82. The van der Waals surface area contributed by atoms with Gasteiger partial charge in [-0.15, -0.1) is 0 Å². The number of carbonyl (C=O) groups excluding carboxylic acids is 1. The SMILES string of the molecule is Cc1cccc(OCC(=O)N/N=C\c2cn(Cc3ccccc3)c3ccccc23)c1. The van der Waals surface area contributed by atoms with Gasteiger partial charge in [-0.25, -0.2) is 5.43 Å². The standard InChI is InChI=1S/C25H23N3O2/c1-19-8-7-11-22(14-19)30-18-25(29)27-26-15-21-17-28(16-20-9-3-2-4-10-20)24-13-6-5-12-23(21)24/h2-15,17H,16,18H2,1H3,(H,27,29)/b26-15-. The van der Waals surface area contributed by atoms with Crippen molar-refractivity contribution in [3.05, 3.63) is 102 Å². The fourth-order valence-electron chi connectivity index (χ4n) is 3.35. The molecule has 4 rings (SSSR count). The van der Waals surface area contributed by atoms with Gasteiger partial charge < -0.3 is 9.30 Å². The van der Waals surface area contributed by atoms with E-state index in [1.807, 2.05) is 61.5 Å². The number of rotatable bonds is 7. The summed E-state index contributed by atoms with van der Waals surface area (Å²) in [7, 11) is 0. The summed E-state index contributed by atoms with van der Waals surface area (Å²) in [6, 6.07) is 26.1. The van der Waals surface area contributed by atoms with Gasteiger partial charge in [-0.2, -0.15) is 5.10 Å². The Hall–Kier alpha value is -3.86. The summed E-state index contributed by atoms with van der Waals surface area (Å²) < 4.78 is 7.69. The fraction of sp³-hybridized carbons (Fsp3) is 0.120. The lowest BCUT2D eigenvalue weighted by atomic mass is 10.2. The summed E-state index contributed by atoms with van der Waals surface area (Å²) in [5.74, 6) is 0.360. The molecule has 0 bridgehead atoms. The second-order valence-corrected chi connectivity index (χ2v) is 7.11. The molecule has 0 unspecified atom stereocenters. The topological polar surface area (TPSA) is 55.6 Å². The molecule has 150 valence electrons. The maximum atomic E-state index is 12.0. The molecule has 0 aliphatic rings. The van der Waals surface area contributed by atoms with E-state index in [2.05, 4.69) is 45.6 Å². The van der Waals surface area contributed by atoms with E-state index in [4.69, 9.17) is 4.74 Å². The number of hydrogen-bond donors (Lipinski definition) is 1. The van der Waals surface area contributed by atoms with Crippen molar-refractivity contribution in [3.63, 3.8) is 0 Å². The van der Waals surface area contributed by atoms with Crippen molar-refractivity contribution in [2.45, 2.75) is 13.5 Å². The summed E-state index contributed by atoms with van der Waals surface area (Å²) in [6.45, 7) is 2.66. The van der Waals surface area contributed by atoms with E-state index in [1.54, 1.807) is 6.21 Å². The molecule has 1 heterocycles. The van der Waals surface area contributed by atoms with Gasteiger partial charge in [0.25, 0.3) is 5.91 Å². The summed E-state index contributed by atoms with van der Waals surface area (Å²) in [5, 5.41) is 5.21. The van der Waals surface area contributed by atoms with Crippen LogP contribution in [-0.4, -0.2) is 23.3 Å². The molecule has 0 saturated heterocycles. The molecule has 0 atom stereocenters. The molecule has 0 aliphatic carbocycles. The third kappa shape index (κ3) is 4.75. The van der Waals surface area contributed by atoms with Gasteiger partial charge in [0.2, 0.25) is 0 Å². The highest BCUT2D eigenvalue weighted by molar-refractivity contribution is 5.99. The van der Waals surface area contributed by atoms with E-state index in [-0.39, 0.29) is 12.5 Å². The van der Waals surface area contributed by atoms with Gasteiger partial charge in [0.05, 0.1) is 6.21 Å². The first kappa shape index (κ1) is 19.5. The van der Waals surface area contributed by atoms with Crippen molar-refractivity contribution in [3.8, 4) is 5.75 Å². The molecule has 1 N–H and O–H groups in total. The van der Waals surface area contributed by atoms with Gasteiger partial charge in [0.15, 0.2) is 6.61 Å². The number of aryl methyl sites for hydroxylation is 1. The number of nitrogens with one attached hydrogen (secondary N) is 1. The Bertz CT molecular complexity index is 1180. The Morgan fingerprint density at radius 2 is 1.83 bits per heavy atom. The summed E-state index contributed by atoms with van der Waals surface area (Å²) >= 11 is 0. The number of hydrogen-bond acceptors (Lipinski definition) is 3. The van der Waals surface area contributed by atoms with E-state index in [0.717, 1.165) is 28.6 Å².